The van der Waals surface area contributed by atoms with Gasteiger partial charge in [-0.3, -0.25) is 4.79 Å². The Balaban J connectivity index is 1.75. The van der Waals surface area contributed by atoms with E-state index in [1.165, 1.54) is 7.11 Å². The van der Waals surface area contributed by atoms with E-state index in [0.717, 1.165) is 28.8 Å². The molecule has 0 fully saturated rings. The first kappa shape index (κ1) is 20.5. The number of fused-ring (bicyclic) bond motifs is 1. The maximum absolute atomic E-state index is 12.6. The van der Waals surface area contributed by atoms with Crippen LogP contribution in [0.1, 0.15) is 31.1 Å². The molecule has 2 aromatic carbocycles. The Hall–Kier alpha value is -3.28. The van der Waals surface area contributed by atoms with Gasteiger partial charge >= 0.3 is 5.97 Å². The zero-order valence-electron chi connectivity index (χ0n) is 17.3. The van der Waals surface area contributed by atoms with E-state index in [1.54, 1.807) is 10.8 Å². The minimum Gasteiger partial charge on any atom is -0.465 e. The fraction of sp³-hybridized carbons (Fsp3) is 0.304. The van der Waals surface area contributed by atoms with Crippen LogP contribution in [0.3, 0.4) is 0 Å². The minimum atomic E-state index is -0.415. The summed E-state index contributed by atoms with van der Waals surface area (Å²) in [6.45, 7) is 7.46. The van der Waals surface area contributed by atoms with E-state index in [1.807, 2.05) is 48.5 Å². The van der Waals surface area contributed by atoms with E-state index >= 15 is 0 Å². The summed E-state index contributed by atoms with van der Waals surface area (Å²) < 4.78 is 6.62. The van der Waals surface area contributed by atoms with Crippen molar-refractivity contribution in [2.75, 3.05) is 23.9 Å². The van der Waals surface area contributed by atoms with Crippen LogP contribution in [-0.4, -0.2) is 36.1 Å². The maximum atomic E-state index is 12.6. The second-order valence-electron chi connectivity index (χ2n) is 7.15. The Morgan fingerprint density at radius 3 is 2.41 bits per heavy atom. The molecule has 0 spiro atoms. The van der Waals surface area contributed by atoms with Crippen LogP contribution >= 0.6 is 0 Å². The highest BCUT2D eigenvalue weighted by Gasteiger charge is 2.16. The first-order valence-corrected chi connectivity index (χ1v) is 9.77. The van der Waals surface area contributed by atoms with Gasteiger partial charge in [0.2, 0.25) is 5.91 Å². The molecule has 6 nitrogen and oxygen atoms in total. The first-order valence-electron chi connectivity index (χ1n) is 9.77. The third kappa shape index (κ3) is 4.42. The van der Waals surface area contributed by atoms with Gasteiger partial charge in [0, 0.05) is 41.1 Å². The Kier molecular flexibility index (Phi) is 6.22. The molecule has 152 valence electrons. The molecule has 1 aromatic heterocycles. The molecule has 0 unspecified atom stereocenters. The van der Waals surface area contributed by atoms with E-state index in [2.05, 4.69) is 31.0 Å². The number of ether oxygens (including phenoxy) is 1. The van der Waals surface area contributed by atoms with Gasteiger partial charge in [0.1, 0.15) is 6.54 Å². The van der Waals surface area contributed by atoms with E-state index in [-0.39, 0.29) is 12.5 Å². The van der Waals surface area contributed by atoms with Crippen molar-refractivity contribution in [3.05, 3.63) is 60.3 Å². The van der Waals surface area contributed by atoms with Gasteiger partial charge in [-0.1, -0.05) is 18.2 Å². The van der Waals surface area contributed by atoms with Gasteiger partial charge in [0.15, 0.2) is 0 Å². The molecule has 0 saturated heterocycles. The van der Waals surface area contributed by atoms with Crippen molar-refractivity contribution >= 4 is 34.2 Å². The Morgan fingerprint density at radius 2 is 1.79 bits per heavy atom. The number of carbonyl (C=O) groups is 2. The maximum Gasteiger partial charge on any atom is 0.340 e. The fourth-order valence-corrected chi connectivity index (χ4v) is 3.59. The van der Waals surface area contributed by atoms with Gasteiger partial charge in [-0.25, -0.2) is 4.79 Å². The zero-order valence-corrected chi connectivity index (χ0v) is 17.3. The molecule has 0 atom stereocenters. The Morgan fingerprint density at radius 1 is 1.10 bits per heavy atom. The van der Waals surface area contributed by atoms with Gasteiger partial charge in [-0.15, -0.1) is 0 Å². The number of rotatable bonds is 7. The molecule has 1 N–H and O–H groups in total. The van der Waals surface area contributed by atoms with Crippen molar-refractivity contribution in [3.8, 4) is 0 Å². The quantitative estimate of drug-likeness (QED) is 0.608. The third-order valence-electron chi connectivity index (χ3n) is 4.95. The van der Waals surface area contributed by atoms with Crippen molar-refractivity contribution in [3.63, 3.8) is 0 Å². The molecule has 0 aliphatic heterocycles. The second kappa shape index (κ2) is 8.82. The molecule has 3 rings (SSSR count). The summed E-state index contributed by atoms with van der Waals surface area (Å²) >= 11 is 0. The molecular weight excluding hydrogens is 366 g/mol. The first-order chi connectivity index (χ1) is 13.9. The number of anilines is 2. The van der Waals surface area contributed by atoms with Crippen LogP contribution in [0.25, 0.3) is 10.9 Å². The molecule has 0 bridgehead atoms. The summed E-state index contributed by atoms with van der Waals surface area (Å²) in [5, 5.41) is 3.69. The van der Waals surface area contributed by atoms with E-state index in [4.69, 9.17) is 4.74 Å². The lowest BCUT2D eigenvalue weighted by Gasteiger charge is -2.27. The van der Waals surface area contributed by atoms with Crippen molar-refractivity contribution in [2.24, 2.45) is 0 Å². The molecule has 0 aliphatic carbocycles. The molecule has 3 aromatic rings. The van der Waals surface area contributed by atoms with Gasteiger partial charge in [0.05, 0.1) is 12.7 Å². The van der Waals surface area contributed by atoms with Gasteiger partial charge < -0.3 is 19.5 Å². The highest BCUT2D eigenvalue weighted by Crippen LogP contribution is 2.23. The number of hydrogen-bond donors (Lipinski definition) is 1. The van der Waals surface area contributed by atoms with Gasteiger partial charge in [-0.2, -0.15) is 0 Å². The highest BCUT2D eigenvalue weighted by atomic mass is 16.5. The van der Waals surface area contributed by atoms with Crippen LogP contribution in [0.15, 0.2) is 54.7 Å². The predicted molar refractivity (Wildman–Crippen MR) is 117 cm³/mol. The predicted octanol–water partition coefficient (Wildman–Crippen LogP) is 4.30. The number of methoxy groups -OCH3 is 1. The zero-order chi connectivity index (χ0) is 21.0. The summed E-state index contributed by atoms with van der Waals surface area (Å²) in [6.07, 6.45) is 1.67. The summed E-state index contributed by atoms with van der Waals surface area (Å²) in [6, 6.07) is 15.7. The number of esters is 1. The highest BCUT2D eigenvalue weighted by molar-refractivity contribution is 6.05. The van der Waals surface area contributed by atoms with E-state index in [0.29, 0.717) is 11.6 Å². The number of para-hydroxylation sites is 1. The molecule has 6 heteroatoms. The summed E-state index contributed by atoms with van der Waals surface area (Å²) in [5.74, 6) is -0.576. The van der Waals surface area contributed by atoms with Gasteiger partial charge in [-0.05, 0) is 51.1 Å². The van der Waals surface area contributed by atoms with Crippen LogP contribution in [0.5, 0.6) is 0 Å². The fourth-order valence-electron chi connectivity index (χ4n) is 3.59. The number of amides is 1. The number of benzene rings is 2. The molecule has 0 aliphatic rings. The summed E-state index contributed by atoms with van der Waals surface area (Å²) in [4.78, 5) is 26.9. The third-order valence-corrected chi connectivity index (χ3v) is 4.95. The molecule has 29 heavy (non-hydrogen) atoms. The number of hydrogen-bond acceptors (Lipinski definition) is 4. The van der Waals surface area contributed by atoms with Crippen molar-refractivity contribution in [1.29, 1.82) is 0 Å². The van der Waals surface area contributed by atoms with Crippen molar-refractivity contribution < 1.29 is 14.3 Å². The van der Waals surface area contributed by atoms with Crippen molar-refractivity contribution in [2.45, 2.75) is 33.4 Å². The number of nitrogens with zero attached hydrogens (tertiary/aromatic N) is 2. The molecule has 0 radical (unpaired) electrons. The number of nitrogens with one attached hydrogen (secondary N) is 1. The van der Waals surface area contributed by atoms with E-state index in [9.17, 15) is 9.59 Å². The second-order valence-corrected chi connectivity index (χ2v) is 7.15. The molecule has 0 saturated carbocycles. The summed E-state index contributed by atoms with van der Waals surface area (Å²) in [7, 11) is 1.35. The summed E-state index contributed by atoms with van der Waals surface area (Å²) in [5.41, 5.74) is 3.13. The van der Waals surface area contributed by atoms with Crippen LogP contribution < -0.4 is 10.2 Å². The lowest BCUT2D eigenvalue weighted by Crippen LogP contribution is -2.30. The molecular formula is C23H27N3O3. The normalized spacial score (nSPS) is 10.9. The Bertz CT molecular complexity index is 1010. The minimum absolute atomic E-state index is 0.104. The molecule has 1 amide bonds. The Labute approximate surface area is 171 Å². The topological polar surface area (TPSA) is 63.6 Å². The monoisotopic (exact) mass is 393 g/mol. The largest absolute Gasteiger partial charge is 0.465 e. The van der Waals surface area contributed by atoms with Crippen LogP contribution in [0.4, 0.5) is 11.4 Å². The number of aromatic nitrogens is 1. The van der Waals surface area contributed by atoms with Gasteiger partial charge in [0.25, 0.3) is 0 Å². The lowest BCUT2D eigenvalue weighted by atomic mass is 10.2. The number of carbonyl (C=O) groups excluding carboxylic acids is 2. The SMILES string of the molecule is CCN(c1ccc(NC(=O)Cn2cc(C(=O)OC)c3ccccc32)cc1)C(C)C. The smallest absolute Gasteiger partial charge is 0.340 e. The average molecular weight is 393 g/mol. The van der Waals surface area contributed by atoms with Crippen LogP contribution in [0, 0.1) is 0 Å². The standard InChI is InChI=1S/C23H27N3O3/c1-5-26(16(2)3)18-12-10-17(11-13-18)24-22(27)15-25-14-20(23(28)29-4)19-8-6-7-9-21(19)25/h6-14,16H,5,15H2,1-4H3,(H,24,27). The van der Waals surface area contributed by atoms with Crippen LogP contribution in [-0.2, 0) is 16.1 Å². The van der Waals surface area contributed by atoms with Crippen molar-refractivity contribution in [1.82, 2.24) is 4.57 Å². The lowest BCUT2D eigenvalue weighted by molar-refractivity contribution is -0.116. The van der Waals surface area contributed by atoms with Crippen LogP contribution in [0.2, 0.25) is 0 Å². The van der Waals surface area contributed by atoms with E-state index < -0.39 is 5.97 Å². The average Bonchev–Trinajstić information content (AvgIpc) is 3.07. The molecule has 1 heterocycles.